The molecule has 1 aliphatic rings. The van der Waals surface area contributed by atoms with E-state index in [9.17, 15) is 22.8 Å². The second-order valence-corrected chi connectivity index (χ2v) is 9.82. The van der Waals surface area contributed by atoms with E-state index in [4.69, 9.17) is 25.8 Å². The molecule has 10 nitrogen and oxygen atoms in total. The number of benzene rings is 1. The highest BCUT2D eigenvalue weighted by Gasteiger charge is 2.35. The molecule has 248 valence electrons. The second kappa shape index (κ2) is 16.5. The van der Waals surface area contributed by atoms with Crippen molar-refractivity contribution in [3.8, 4) is 6.01 Å². The van der Waals surface area contributed by atoms with Gasteiger partial charge in [-0.1, -0.05) is 44.5 Å². The lowest BCUT2D eigenvalue weighted by Gasteiger charge is -2.26. The number of hydrogen-bond donors (Lipinski definition) is 0. The molecule has 3 aromatic rings. The lowest BCUT2D eigenvalue weighted by atomic mass is 10.1. The Labute approximate surface area is 264 Å². The fourth-order valence-corrected chi connectivity index (χ4v) is 4.67. The summed E-state index contributed by atoms with van der Waals surface area (Å²) in [5.74, 6) is -1.38. The van der Waals surface area contributed by atoms with Crippen molar-refractivity contribution in [1.82, 2.24) is 18.7 Å². The zero-order valence-electron chi connectivity index (χ0n) is 26.4. The maximum absolute atomic E-state index is 13.8. The summed E-state index contributed by atoms with van der Waals surface area (Å²) in [7, 11) is 1.47. The van der Waals surface area contributed by atoms with Crippen LogP contribution in [0.4, 0.5) is 13.2 Å². The van der Waals surface area contributed by atoms with Crippen LogP contribution in [0.1, 0.15) is 53.0 Å². The fourth-order valence-electron chi connectivity index (χ4n) is 4.54. The van der Waals surface area contributed by atoms with Crippen LogP contribution in [0.2, 0.25) is 5.02 Å². The van der Waals surface area contributed by atoms with E-state index in [-0.39, 0.29) is 42.4 Å². The molecule has 0 aliphatic carbocycles. The molecule has 0 bridgehead atoms. The molecule has 2 aromatic heterocycles. The van der Waals surface area contributed by atoms with Gasteiger partial charge in [0.15, 0.2) is 17.0 Å². The molecule has 14 heteroatoms. The number of allylic oxidation sites excluding steroid dienone is 3. The molecular weight excluding hydrogens is 617 g/mol. The number of fused-ring (bicyclic) bond motifs is 1. The molecule has 3 heterocycles. The zero-order chi connectivity index (χ0) is 33.9. The fraction of sp³-hybridized carbons (Fsp3) is 0.452. The van der Waals surface area contributed by atoms with E-state index >= 15 is 0 Å². The van der Waals surface area contributed by atoms with Crippen LogP contribution in [0, 0.1) is 0 Å². The lowest BCUT2D eigenvalue weighted by Crippen LogP contribution is -2.42. The molecule has 0 radical (unpaired) electrons. The SMILES string of the molecule is C/C=C(\C=C(/C)OC(F)(F)F)Oc1nc2c(c(=O)n(CCC3(CC)OCCO3)c(=O)n2C)n1Cc1ccc(Cl)cc1.C=C.CC. The molecular formula is C31H40ClF3N4O6. The minimum Gasteiger partial charge on any atom is -0.426 e. The highest BCUT2D eigenvalue weighted by atomic mass is 35.5. The van der Waals surface area contributed by atoms with E-state index in [0.29, 0.717) is 24.7 Å². The van der Waals surface area contributed by atoms with Crippen molar-refractivity contribution in [1.29, 1.82) is 0 Å². The lowest BCUT2D eigenvalue weighted by molar-refractivity contribution is -0.305. The molecule has 0 unspecified atom stereocenters. The van der Waals surface area contributed by atoms with Crippen LogP contribution in [-0.4, -0.2) is 44.0 Å². The highest BCUT2D eigenvalue weighted by molar-refractivity contribution is 6.30. The summed E-state index contributed by atoms with van der Waals surface area (Å²) < 4.78 is 63.2. The van der Waals surface area contributed by atoms with Crippen molar-refractivity contribution in [2.24, 2.45) is 7.05 Å². The number of rotatable bonds is 10. The van der Waals surface area contributed by atoms with E-state index in [1.54, 1.807) is 31.2 Å². The molecule has 1 saturated heterocycles. The first-order chi connectivity index (χ1) is 21.4. The van der Waals surface area contributed by atoms with Gasteiger partial charge in [0.25, 0.3) is 5.56 Å². The summed E-state index contributed by atoms with van der Waals surface area (Å²) >= 11 is 6.04. The first kappa shape index (κ1) is 37.4. The molecule has 45 heavy (non-hydrogen) atoms. The van der Waals surface area contributed by atoms with Crippen LogP contribution in [-0.2, 0) is 34.3 Å². The molecule has 1 aromatic carbocycles. The predicted molar refractivity (Wildman–Crippen MR) is 167 cm³/mol. The Morgan fingerprint density at radius 3 is 2.27 bits per heavy atom. The summed E-state index contributed by atoms with van der Waals surface area (Å²) in [6.07, 6.45) is -1.62. The van der Waals surface area contributed by atoms with Gasteiger partial charge in [-0.3, -0.25) is 18.5 Å². The predicted octanol–water partition coefficient (Wildman–Crippen LogP) is 6.69. The normalized spacial score (nSPS) is 14.8. The number of aryl methyl sites for hydroxylation is 1. The van der Waals surface area contributed by atoms with E-state index in [2.05, 4.69) is 22.9 Å². The minimum absolute atomic E-state index is 0.0223. The van der Waals surface area contributed by atoms with Crippen molar-refractivity contribution >= 4 is 22.8 Å². The summed E-state index contributed by atoms with van der Waals surface area (Å²) in [4.78, 5) is 31.5. The van der Waals surface area contributed by atoms with E-state index < -0.39 is 29.2 Å². The van der Waals surface area contributed by atoms with Gasteiger partial charge in [0.1, 0.15) is 11.5 Å². The molecule has 1 aliphatic heterocycles. The Kier molecular flexibility index (Phi) is 13.7. The van der Waals surface area contributed by atoms with Gasteiger partial charge in [0.05, 0.1) is 19.8 Å². The molecule has 0 amide bonds. The number of alkyl halides is 3. The van der Waals surface area contributed by atoms with Gasteiger partial charge in [0.2, 0.25) is 0 Å². The summed E-state index contributed by atoms with van der Waals surface area (Å²) in [5.41, 5.74) is -0.377. The molecule has 0 saturated carbocycles. The maximum atomic E-state index is 13.8. The summed E-state index contributed by atoms with van der Waals surface area (Å²) in [5, 5.41) is 0.508. The van der Waals surface area contributed by atoms with Crippen LogP contribution in [0.3, 0.4) is 0 Å². The molecule has 1 fully saturated rings. The topological polar surface area (TPSA) is 98.7 Å². The summed E-state index contributed by atoms with van der Waals surface area (Å²) in [6, 6.07) is 6.73. The van der Waals surface area contributed by atoms with Crippen LogP contribution in [0.25, 0.3) is 11.2 Å². The van der Waals surface area contributed by atoms with Crippen LogP contribution >= 0.6 is 11.6 Å². The van der Waals surface area contributed by atoms with Crippen LogP contribution in [0.15, 0.2) is 70.7 Å². The van der Waals surface area contributed by atoms with Crippen molar-refractivity contribution in [2.75, 3.05) is 13.2 Å². The van der Waals surface area contributed by atoms with Crippen molar-refractivity contribution < 1.29 is 32.1 Å². The maximum Gasteiger partial charge on any atom is 0.572 e. The first-order valence-electron chi connectivity index (χ1n) is 14.4. The third-order valence-corrected chi connectivity index (χ3v) is 6.89. The Morgan fingerprint density at radius 1 is 1.13 bits per heavy atom. The van der Waals surface area contributed by atoms with E-state index in [1.807, 2.05) is 20.8 Å². The third-order valence-electron chi connectivity index (χ3n) is 6.64. The Balaban J connectivity index is 0.00000169. The highest BCUT2D eigenvalue weighted by Crippen LogP contribution is 2.28. The van der Waals surface area contributed by atoms with Crippen molar-refractivity contribution in [3.63, 3.8) is 0 Å². The average Bonchev–Trinajstić information content (AvgIpc) is 3.63. The number of ether oxygens (including phenoxy) is 4. The van der Waals surface area contributed by atoms with Crippen molar-refractivity contribution in [3.05, 3.63) is 92.5 Å². The Morgan fingerprint density at radius 2 is 1.73 bits per heavy atom. The van der Waals surface area contributed by atoms with Gasteiger partial charge in [-0.15, -0.1) is 26.3 Å². The minimum atomic E-state index is -4.88. The standard InChI is InChI=1S/C27H30ClF3N4O6.C2H6.C2H4/c1-5-20(15-17(3)41-27(29,30)31)40-24-32-22-21(35(24)16-18-7-9-19(28)10-8-18)23(36)34(25(37)33(22)4)12-11-26(6-2)38-13-14-39-26;2*1-2/h5,7-10,15H,6,11-14,16H2,1-4H3;1-2H3;1-2H2/b17-15+,20-5+;;. The quantitative estimate of drug-likeness (QED) is 0.136. The number of aromatic nitrogens is 4. The largest absolute Gasteiger partial charge is 0.572 e. The third kappa shape index (κ3) is 9.35. The average molecular weight is 657 g/mol. The van der Waals surface area contributed by atoms with Gasteiger partial charge >= 0.3 is 18.1 Å². The van der Waals surface area contributed by atoms with Gasteiger partial charge in [-0.2, -0.15) is 4.98 Å². The van der Waals surface area contributed by atoms with Gasteiger partial charge in [-0.05, 0) is 44.0 Å². The summed E-state index contributed by atoms with van der Waals surface area (Å²) in [6.45, 7) is 15.5. The zero-order valence-corrected chi connectivity index (χ0v) is 27.1. The molecule has 0 atom stereocenters. The first-order valence-corrected chi connectivity index (χ1v) is 14.7. The Hall–Kier alpha value is -3.81. The number of halogens is 4. The monoisotopic (exact) mass is 656 g/mol. The number of imidazole rings is 1. The number of hydrogen-bond acceptors (Lipinski definition) is 7. The van der Waals surface area contributed by atoms with E-state index in [0.717, 1.165) is 23.1 Å². The van der Waals surface area contributed by atoms with Crippen LogP contribution < -0.4 is 16.0 Å². The van der Waals surface area contributed by atoms with E-state index in [1.165, 1.54) is 22.3 Å². The van der Waals surface area contributed by atoms with Crippen LogP contribution in [0.5, 0.6) is 6.01 Å². The molecule has 0 N–H and O–H groups in total. The molecule has 0 spiro atoms. The Bertz CT molecular complexity index is 1600. The molecule has 4 rings (SSSR count). The van der Waals surface area contributed by atoms with Gasteiger partial charge in [0, 0.05) is 31.1 Å². The van der Waals surface area contributed by atoms with Gasteiger partial charge < -0.3 is 18.9 Å². The second-order valence-electron chi connectivity index (χ2n) is 9.38. The smallest absolute Gasteiger partial charge is 0.426 e. The number of nitrogens with zero attached hydrogens (tertiary/aromatic N) is 4. The van der Waals surface area contributed by atoms with Gasteiger partial charge in [-0.25, -0.2) is 4.79 Å². The van der Waals surface area contributed by atoms with Crippen molar-refractivity contribution in [2.45, 2.75) is 72.7 Å².